The average molecular weight is 284 g/mol. The number of carboxylic acid groups (broad SMARTS) is 1. The Labute approximate surface area is 119 Å². The molecule has 0 aliphatic rings. The van der Waals surface area contributed by atoms with E-state index >= 15 is 0 Å². The third-order valence-corrected chi connectivity index (χ3v) is 3.17. The fourth-order valence-electron chi connectivity index (χ4n) is 2.18. The van der Waals surface area contributed by atoms with E-state index in [-0.39, 0.29) is 11.4 Å². The molecule has 6 nitrogen and oxygen atoms in total. The lowest BCUT2D eigenvalue weighted by Gasteiger charge is -2.03. The van der Waals surface area contributed by atoms with Crippen molar-refractivity contribution in [2.24, 2.45) is 0 Å². The first-order valence-corrected chi connectivity index (χ1v) is 6.19. The minimum Gasteiger partial charge on any atom is -0.506 e. The van der Waals surface area contributed by atoms with Crippen LogP contribution in [0.3, 0.4) is 0 Å². The molecule has 2 heterocycles. The van der Waals surface area contributed by atoms with E-state index in [4.69, 9.17) is 4.74 Å². The Balaban J connectivity index is 2.25. The van der Waals surface area contributed by atoms with Crippen LogP contribution in [-0.2, 0) is 0 Å². The Bertz CT molecular complexity index is 822. The van der Waals surface area contributed by atoms with Gasteiger partial charge in [-0.25, -0.2) is 9.78 Å². The molecule has 0 aliphatic carbocycles. The highest BCUT2D eigenvalue weighted by Gasteiger charge is 2.18. The number of fused-ring (bicyclic) bond motifs is 1. The minimum absolute atomic E-state index is 0.0339. The molecule has 0 fully saturated rings. The minimum atomic E-state index is -1.11. The lowest BCUT2D eigenvalue weighted by molar-refractivity contribution is 0.0693. The SMILES string of the molecule is COc1ccc(-c2nc(C(=O)O)c3ccc(O)cn23)cc1. The van der Waals surface area contributed by atoms with E-state index in [1.165, 1.54) is 18.3 Å². The number of pyridine rings is 1. The number of benzene rings is 1. The van der Waals surface area contributed by atoms with Crippen LogP contribution in [0, 0.1) is 0 Å². The quantitative estimate of drug-likeness (QED) is 0.771. The third kappa shape index (κ3) is 2.16. The highest BCUT2D eigenvalue weighted by Crippen LogP contribution is 2.26. The van der Waals surface area contributed by atoms with Gasteiger partial charge in [-0.05, 0) is 36.4 Å². The first-order chi connectivity index (χ1) is 10.1. The van der Waals surface area contributed by atoms with Crippen LogP contribution >= 0.6 is 0 Å². The Morgan fingerprint density at radius 3 is 2.52 bits per heavy atom. The van der Waals surface area contributed by atoms with E-state index in [0.717, 1.165) is 5.56 Å². The van der Waals surface area contributed by atoms with Crippen molar-refractivity contribution in [1.82, 2.24) is 9.38 Å². The predicted octanol–water partition coefficient (Wildman–Crippen LogP) is 2.41. The summed E-state index contributed by atoms with van der Waals surface area (Å²) in [5, 5.41) is 18.9. The van der Waals surface area contributed by atoms with Gasteiger partial charge in [-0.15, -0.1) is 0 Å². The number of rotatable bonds is 3. The molecule has 2 aromatic heterocycles. The molecule has 3 aromatic rings. The maximum Gasteiger partial charge on any atom is 0.356 e. The number of methoxy groups -OCH3 is 1. The number of carboxylic acids is 1. The van der Waals surface area contributed by atoms with Crippen LogP contribution < -0.4 is 4.74 Å². The van der Waals surface area contributed by atoms with Gasteiger partial charge >= 0.3 is 5.97 Å². The summed E-state index contributed by atoms with van der Waals surface area (Å²) in [7, 11) is 1.57. The number of aromatic nitrogens is 2. The molecule has 0 amide bonds. The van der Waals surface area contributed by atoms with Crippen molar-refractivity contribution >= 4 is 11.5 Å². The van der Waals surface area contributed by atoms with Crippen molar-refractivity contribution in [2.75, 3.05) is 7.11 Å². The summed E-state index contributed by atoms with van der Waals surface area (Å²) in [6.45, 7) is 0. The van der Waals surface area contributed by atoms with Gasteiger partial charge in [0, 0.05) is 5.56 Å². The van der Waals surface area contributed by atoms with Crippen LogP contribution in [-0.4, -0.2) is 32.7 Å². The molecule has 1 aromatic carbocycles. The fraction of sp³-hybridized carbons (Fsp3) is 0.0667. The summed E-state index contributed by atoms with van der Waals surface area (Å²) >= 11 is 0. The van der Waals surface area contributed by atoms with Gasteiger partial charge in [0.25, 0.3) is 0 Å². The van der Waals surface area contributed by atoms with Gasteiger partial charge < -0.3 is 14.9 Å². The smallest absolute Gasteiger partial charge is 0.356 e. The number of aromatic carboxylic acids is 1. The van der Waals surface area contributed by atoms with Crippen LogP contribution in [0.1, 0.15) is 10.5 Å². The second-order valence-electron chi connectivity index (χ2n) is 4.46. The second-order valence-corrected chi connectivity index (χ2v) is 4.46. The van der Waals surface area contributed by atoms with E-state index in [1.54, 1.807) is 35.8 Å². The molecule has 0 saturated heterocycles. The van der Waals surface area contributed by atoms with Gasteiger partial charge in [-0.1, -0.05) is 0 Å². The summed E-state index contributed by atoms with van der Waals surface area (Å²) in [5.41, 5.74) is 1.09. The first-order valence-electron chi connectivity index (χ1n) is 6.19. The Kier molecular flexibility index (Phi) is 2.98. The number of imidazole rings is 1. The van der Waals surface area contributed by atoms with Gasteiger partial charge in [-0.3, -0.25) is 4.40 Å². The zero-order valence-electron chi connectivity index (χ0n) is 11.1. The van der Waals surface area contributed by atoms with Gasteiger partial charge in [0.1, 0.15) is 17.3 Å². The molecule has 106 valence electrons. The van der Waals surface area contributed by atoms with Crippen LogP contribution in [0.25, 0.3) is 16.9 Å². The molecule has 0 aliphatic heterocycles. The molecular formula is C15H12N2O4. The number of hydrogen-bond acceptors (Lipinski definition) is 4. The highest BCUT2D eigenvalue weighted by molar-refractivity contribution is 5.95. The van der Waals surface area contributed by atoms with Gasteiger partial charge in [0.15, 0.2) is 5.69 Å². The molecule has 6 heteroatoms. The van der Waals surface area contributed by atoms with Crippen LogP contribution in [0.2, 0.25) is 0 Å². The molecule has 0 atom stereocenters. The van der Waals surface area contributed by atoms with Crippen molar-refractivity contribution < 1.29 is 19.7 Å². The molecule has 3 rings (SSSR count). The van der Waals surface area contributed by atoms with E-state index in [0.29, 0.717) is 17.1 Å². The van der Waals surface area contributed by atoms with Crippen molar-refractivity contribution in [3.8, 4) is 22.9 Å². The molecule has 21 heavy (non-hydrogen) atoms. The van der Waals surface area contributed by atoms with Gasteiger partial charge in [0.2, 0.25) is 0 Å². The van der Waals surface area contributed by atoms with Crippen molar-refractivity contribution in [3.05, 3.63) is 48.3 Å². The normalized spacial score (nSPS) is 10.7. The standard InChI is InChI=1S/C15H12N2O4/c1-21-11-5-2-9(3-6-11)14-16-13(15(19)20)12-7-4-10(18)8-17(12)14/h2-8,18H,1H3,(H,19,20). The van der Waals surface area contributed by atoms with Crippen LogP contribution in [0.15, 0.2) is 42.6 Å². The number of nitrogens with zero attached hydrogens (tertiary/aromatic N) is 2. The monoisotopic (exact) mass is 284 g/mol. The molecule has 0 saturated carbocycles. The summed E-state index contributed by atoms with van der Waals surface area (Å²) < 4.78 is 6.65. The number of carbonyl (C=O) groups is 1. The zero-order chi connectivity index (χ0) is 15.0. The molecule has 0 unspecified atom stereocenters. The Morgan fingerprint density at radius 1 is 1.19 bits per heavy atom. The summed E-state index contributed by atoms with van der Waals surface area (Å²) in [4.78, 5) is 15.5. The lowest BCUT2D eigenvalue weighted by Crippen LogP contribution is -1.97. The van der Waals surface area contributed by atoms with E-state index in [9.17, 15) is 15.0 Å². The molecule has 0 radical (unpaired) electrons. The highest BCUT2D eigenvalue weighted by atomic mass is 16.5. The average Bonchev–Trinajstić information content (AvgIpc) is 2.86. The second kappa shape index (κ2) is 4.82. The Morgan fingerprint density at radius 2 is 1.90 bits per heavy atom. The molecule has 0 spiro atoms. The maximum absolute atomic E-state index is 11.3. The molecular weight excluding hydrogens is 272 g/mol. The lowest BCUT2D eigenvalue weighted by atomic mass is 10.2. The van der Waals surface area contributed by atoms with E-state index in [1.807, 2.05) is 0 Å². The molecule has 0 bridgehead atoms. The first kappa shape index (κ1) is 13.0. The summed E-state index contributed by atoms with van der Waals surface area (Å²) in [6.07, 6.45) is 1.44. The summed E-state index contributed by atoms with van der Waals surface area (Å²) in [6, 6.07) is 10.0. The fourth-order valence-corrected chi connectivity index (χ4v) is 2.18. The number of ether oxygens (including phenoxy) is 1. The van der Waals surface area contributed by atoms with Crippen molar-refractivity contribution in [1.29, 1.82) is 0 Å². The van der Waals surface area contributed by atoms with Gasteiger partial charge in [0.05, 0.1) is 18.8 Å². The van der Waals surface area contributed by atoms with Crippen molar-refractivity contribution in [3.63, 3.8) is 0 Å². The zero-order valence-corrected chi connectivity index (χ0v) is 11.1. The van der Waals surface area contributed by atoms with Crippen LogP contribution in [0.4, 0.5) is 0 Å². The number of aromatic hydroxyl groups is 1. The Hall–Kier alpha value is -3.02. The van der Waals surface area contributed by atoms with E-state index in [2.05, 4.69) is 4.98 Å². The third-order valence-electron chi connectivity index (χ3n) is 3.17. The van der Waals surface area contributed by atoms with Gasteiger partial charge in [-0.2, -0.15) is 0 Å². The summed E-state index contributed by atoms with van der Waals surface area (Å²) in [5.74, 6) is 0.0615. The maximum atomic E-state index is 11.3. The molecule has 2 N–H and O–H groups in total. The topological polar surface area (TPSA) is 84.1 Å². The largest absolute Gasteiger partial charge is 0.506 e. The number of hydrogen-bond donors (Lipinski definition) is 2. The van der Waals surface area contributed by atoms with Crippen LogP contribution in [0.5, 0.6) is 11.5 Å². The predicted molar refractivity (Wildman–Crippen MR) is 75.8 cm³/mol. The van der Waals surface area contributed by atoms with E-state index < -0.39 is 5.97 Å². The van der Waals surface area contributed by atoms with Crippen molar-refractivity contribution in [2.45, 2.75) is 0 Å².